The Hall–Kier alpha value is -1.69. The first-order valence-electron chi connectivity index (χ1n) is 7.09. The molecule has 0 saturated carbocycles. The largest absolute Gasteiger partial charge is 0.360 e. The number of benzene rings is 1. The molecule has 2 N–H and O–H groups in total. The summed E-state index contributed by atoms with van der Waals surface area (Å²) in [5.41, 5.74) is 1.09. The molecule has 21 heavy (non-hydrogen) atoms. The maximum Gasteiger partial charge on any atom is 0.239 e. The SMILES string of the molecule is CC(C)NC(=O)CNC(=O)CN1CCSc2ccccc21. The Labute approximate surface area is 129 Å². The zero-order valence-corrected chi connectivity index (χ0v) is 13.2. The number of carbonyl (C=O) groups is 2. The molecule has 114 valence electrons. The number of amides is 2. The number of carbonyl (C=O) groups excluding carboxylic acids is 2. The highest BCUT2D eigenvalue weighted by Crippen LogP contribution is 2.33. The normalized spacial score (nSPS) is 13.8. The lowest BCUT2D eigenvalue weighted by atomic mass is 10.2. The second kappa shape index (κ2) is 7.36. The Morgan fingerprint density at radius 3 is 2.81 bits per heavy atom. The van der Waals surface area contributed by atoms with Crippen molar-refractivity contribution in [3.8, 4) is 0 Å². The van der Waals surface area contributed by atoms with Crippen LogP contribution in [-0.2, 0) is 9.59 Å². The Kier molecular flexibility index (Phi) is 5.50. The van der Waals surface area contributed by atoms with Crippen LogP contribution in [0.25, 0.3) is 0 Å². The number of hydrogen-bond donors (Lipinski definition) is 2. The highest BCUT2D eigenvalue weighted by Gasteiger charge is 2.19. The van der Waals surface area contributed by atoms with Gasteiger partial charge in [-0.15, -0.1) is 11.8 Å². The molecule has 6 heteroatoms. The molecule has 1 aromatic carbocycles. The van der Waals surface area contributed by atoms with Gasteiger partial charge in [-0.1, -0.05) is 12.1 Å². The summed E-state index contributed by atoms with van der Waals surface area (Å²) in [6.45, 7) is 4.94. The molecule has 1 aliphatic heterocycles. The van der Waals surface area contributed by atoms with Crippen LogP contribution in [0.4, 0.5) is 5.69 Å². The predicted molar refractivity (Wildman–Crippen MR) is 85.7 cm³/mol. The van der Waals surface area contributed by atoms with Crippen molar-refractivity contribution in [2.75, 3.05) is 30.3 Å². The van der Waals surface area contributed by atoms with Crippen molar-refractivity contribution in [2.45, 2.75) is 24.8 Å². The van der Waals surface area contributed by atoms with Gasteiger partial charge in [0.15, 0.2) is 0 Å². The number of para-hydroxylation sites is 1. The van der Waals surface area contributed by atoms with Crippen molar-refractivity contribution in [2.24, 2.45) is 0 Å². The second-order valence-corrected chi connectivity index (χ2v) is 6.37. The van der Waals surface area contributed by atoms with Crippen LogP contribution in [0.2, 0.25) is 0 Å². The third-order valence-electron chi connectivity index (χ3n) is 3.05. The maximum atomic E-state index is 12.0. The van der Waals surface area contributed by atoms with Gasteiger partial charge < -0.3 is 15.5 Å². The fraction of sp³-hybridized carbons (Fsp3) is 0.467. The molecule has 0 aromatic heterocycles. The molecule has 0 spiro atoms. The Morgan fingerprint density at radius 2 is 2.05 bits per heavy atom. The molecular formula is C15H21N3O2S. The second-order valence-electron chi connectivity index (χ2n) is 5.24. The van der Waals surface area contributed by atoms with Gasteiger partial charge in [-0.25, -0.2) is 0 Å². The summed E-state index contributed by atoms with van der Waals surface area (Å²) in [6.07, 6.45) is 0. The van der Waals surface area contributed by atoms with Gasteiger partial charge in [0.1, 0.15) is 0 Å². The molecule has 0 saturated heterocycles. The Bertz CT molecular complexity index is 519. The lowest BCUT2D eigenvalue weighted by Gasteiger charge is -2.30. The first kappa shape index (κ1) is 15.7. The number of hydrogen-bond acceptors (Lipinski definition) is 4. The predicted octanol–water partition coefficient (Wildman–Crippen LogP) is 1.24. The fourth-order valence-corrected chi connectivity index (χ4v) is 3.22. The molecule has 1 aliphatic rings. The van der Waals surface area contributed by atoms with Crippen molar-refractivity contribution in [3.05, 3.63) is 24.3 Å². The van der Waals surface area contributed by atoms with E-state index in [2.05, 4.69) is 21.6 Å². The zero-order valence-electron chi connectivity index (χ0n) is 12.4. The lowest BCUT2D eigenvalue weighted by Crippen LogP contribution is -2.44. The van der Waals surface area contributed by atoms with E-state index in [-0.39, 0.29) is 30.9 Å². The van der Waals surface area contributed by atoms with Crippen molar-refractivity contribution in [1.82, 2.24) is 10.6 Å². The summed E-state index contributed by atoms with van der Waals surface area (Å²) >= 11 is 1.81. The van der Waals surface area contributed by atoms with Crippen molar-refractivity contribution in [1.29, 1.82) is 0 Å². The van der Waals surface area contributed by atoms with Gasteiger partial charge >= 0.3 is 0 Å². The van der Waals surface area contributed by atoms with E-state index >= 15 is 0 Å². The molecule has 0 fully saturated rings. The lowest BCUT2D eigenvalue weighted by molar-refractivity contribution is -0.125. The molecule has 1 aromatic rings. The minimum atomic E-state index is -0.159. The van der Waals surface area contributed by atoms with Gasteiger partial charge in [0.2, 0.25) is 11.8 Å². The average molecular weight is 307 g/mol. The Balaban J connectivity index is 1.85. The number of nitrogens with one attached hydrogen (secondary N) is 2. The van der Waals surface area contributed by atoms with E-state index in [1.54, 1.807) is 0 Å². The number of fused-ring (bicyclic) bond motifs is 1. The van der Waals surface area contributed by atoms with Gasteiger partial charge in [-0.05, 0) is 26.0 Å². The standard InChI is InChI=1S/C15H21N3O2S/c1-11(2)17-14(19)9-16-15(20)10-18-7-8-21-13-6-4-3-5-12(13)18/h3-6,11H,7-10H2,1-2H3,(H,16,20)(H,17,19). The van der Waals surface area contributed by atoms with Crippen LogP contribution in [0.15, 0.2) is 29.2 Å². The minimum absolute atomic E-state index is 0.0290. The highest BCUT2D eigenvalue weighted by atomic mass is 32.2. The molecule has 1 heterocycles. The van der Waals surface area contributed by atoms with E-state index in [9.17, 15) is 9.59 Å². The van der Waals surface area contributed by atoms with Crippen molar-refractivity contribution < 1.29 is 9.59 Å². The van der Waals surface area contributed by atoms with Crippen LogP contribution >= 0.6 is 11.8 Å². The van der Waals surface area contributed by atoms with E-state index in [4.69, 9.17) is 0 Å². The summed E-state index contributed by atoms with van der Waals surface area (Å²) in [6, 6.07) is 8.16. The molecule has 0 aliphatic carbocycles. The van der Waals surface area contributed by atoms with E-state index in [1.165, 1.54) is 4.90 Å². The summed E-state index contributed by atoms with van der Waals surface area (Å²) in [5, 5.41) is 5.41. The topological polar surface area (TPSA) is 61.4 Å². The number of nitrogens with zero attached hydrogens (tertiary/aromatic N) is 1. The summed E-state index contributed by atoms with van der Waals surface area (Å²) in [5.74, 6) is 0.682. The number of anilines is 1. The quantitative estimate of drug-likeness (QED) is 0.859. The first-order chi connectivity index (χ1) is 10.1. The number of rotatable bonds is 5. The highest BCUT2D eigenvalue weighted by molar-refractivity contribution is 7.99. The third-order valence-corrected chi connectivity index (χ3v) is 4.10. The molecule has 5 nitrogen and oxygen atoms in total. The van der Waals surface area contributed by atoms with Crippen molar-refractivity contribution in [3.63, 3.8) is 0 Å². The average Bonchev–Trinajstić information content (AvgIpc) is 2.45. The molecular weight excluding hydrogens is 286 g/mol. The summed E-state index contributed by atoms with van der Waals surface area (Å²) in [7, 11) is 0. The molecule has 0 unspecified atom stereocenters. The third kappa shape index (κ3) is 4.67. The van der Waals surface area contributed by atoms with E-state index in [0.717, 1.165) is 18.0 Å². The molecule has 0 atom stereocenters. The number of thioether (sulfide) groups is 1. The molecule has 0 bridgehead atoms. The van der Waals surface area contributed by atoms with Gasteiger partial charge in [-0.2, -0.15) is 0 Å². The van der Waals surface area contributed by atoms with Crippen LogP contribution in [0, 0.1) is 0 Å². The van der Waals surface area contributed by atoms with Crippen molar-refractivity contribution >= 4 is 29.3 Å². The fourth-order valence-electron chi connectivity index (χ4n) is 2.17. The van der Waals surface area contributed by atoms with Gasteiger partial charge in [0, 0.05) is 23.2 Å². The molecule has 2 amide bonds. The van der Waals surface area contributed by atoms with Crippen LogP contribution in [0.1, 0.15) is 13.8 Å². The van der Waals surface area contributed by atoms with Crippen LogP contribution in [0.3, 0.4) is 0 Å². The van der Waals surface area contributed by atoms with E-state index < -0.39 is 0 Å². The van der Waals surface area contributed by atoms with Gasteiger partial charge in [0.05, 0.1) is 18.8 Å². The van der Waals surface area contributed by atoms with Crippen LogP contribution in [0.5, 0.6) is 0 Å². The molecule has 2 rings (SSSR count). The van der Waals surface area contributed by atoms with Crippen LogP contribution < -0.4 is 15.5 Å². The monoisotopic (exact) mass is 307 g/mol. The van der Waals surface area contributed by atoms with Gasteiger partial charge in [-0.3, -0.25) is 9.59 Å². The van der Waals surface area contributed by atoms with Gasteiger partial charge in [0.25, 0.3) is 0 Å². The maximum absolute atomic E-state index is 12.0. The van der Waals surface area contributed by atoms with Crippen LogP contribution in [-0.4, -0.2) is 43.2 Å². The summed E-state index contributed by atoms with van der Waals surface area (Å²) < 4.78 is 0. The summed E-state index contributed by atoms with van der Waals surface area (Å²) in [4.78, 5) is 26.7. The Morgan fingerprint density at radius 1 is 1.29 bits per heavy atom. The van der Waals surface area contributed by atoms with E-state index in [1.807, 2.05) is 43.8 Å². The van der Waals surface area contributed by atoms with E-state index in [0.29, 0.717) is 0 Å². The zero-order chi connectivity index (χ0) is 15.2. The first-order valence-corrected chi connectivity index (χ1v) is 8.07. The smallest absolute Gasteiger partial charge is 0.239 e. The molecule has 0 radical (unpaired) electrons. The minimum Gasteiger partial charge on any atom is -0.360 e.